The quantitative estimate of drug-likeness (QED) is 0.732. The smallest absolute Gasteiger partial charge is 0.0880 e. The third kappa shape index (κ3) is 3.52. The van der Waals surface area contributed by atoms with Gasteiger partial charge in [-0.2, -0.15) is 0 Å². The van der Waals surface area contributed by atoms with E-state index in [-0.39, 0.29) is 0 Å². The molecule has 0 aliphatic carbocycles. The maximum atomic E-state index is 5.54. The molecule has 0 unspecified atom stereocenters. The van der Waals surface area contributed by atoms with Crippen molar-refractivity contribution >= 4 is 12.0 Å². The molecule has 1 aliphatic heterocycles. The zero-order valence-corrected chi connectivity index (χ0v) is 9.76. The van der Waals surface area contributed by atoms with Crippen LogP contribution in [0.4, 0.5) is 0 Å². The van der Waals surface area contributed by atoms with E-state index >= 15 is 0 Å². The van der Waals surface area contributed by atoms with Crippen LogP contribution in [0.2, 0.25) is 0 Å². The first-order valence-electron chi connectivity index (χ1n) is 5.32. The third-order valence-electron chi connectivity index (χ3n) is 2.45. The first-order chi connectivity index (χ1) is 7.34. The predicted molar refractivity (Wildman–Crippen MR) is 62.0 cm³/mol. The number of ether oxygens (including phenoxy) is 1. The van der Waals surface area contributed by atoms with E-state index in [0.29, 0.717) is 12.7 Å². The molecule has 0 N–H and O–H groups in total. The van der Waals surface area contributed by atoms with Crippen LogP contribution in [0.15, 0.2) is 29.2 Å². The van der Waals surface area contributed by atoms with Crippen LogP contribution in [0.25, 0.3) is 0 Å². The second kappa shape index (κ2) is 5.54. The second-order valence-electron chi connectivity index (χ2n) is 3.82. The molecule has 0 radical (unpaired) electrons. The van der Waals surface area contributed by atoms with Gasteiger partial charge in [-0.05, 0) is 31.9 Å². The van der Waals surface area contributed by atoms with Crippen molar-refractivity contribution in [2.45, 2.75) is 30.8 Å². The molecule has 82 valence electrons. The van der Waals surface area contributed by atoms with Gasteiger partial charge in [0.05, 0.1) is 12.7 Å². The highest BCUT2D eigenvalue weighted by Crippen LogP contribution is 2.21. The van der Waals surface area contributed by atoms with Gasteiger partial charge >= 0.3 is 0 Å². The van der Waals surface area contributed by atoms with Crippen molar-refractivity contribution in [3.8, 4) is 0 Å². The molecule has 1 atom stereocenters. The molecule has 15 heavy (non-hydrogen) atoms. The summed E-state index contributed by atoms with van der Waals surface area (Å²) in [6, 6.07) is 8.35. The second-order valence-corrected chi connectivity index (χ2v) is 4.69. The predicted octanol–water partition coefficient (Wildman–Crippen LogP) is 3.20. The number of benzene rings is 1. The Kier molecular flexibility index (Phi) is 4.06. The van der Waals surface area contributed by atoms with Gasteiger partial charge in [0.1, 0.15) is 0 Å². The highest BCUT2D eigenvalue weighted by molar-refractivity contribution is 7.94. The molecule has 3 heteroatoms. The molecule has 1 aliphatic rings. The van der Waals surface area contributed by atoms with E-state index in [9.17, 15) is 0 Å². The average molecular weight is 224 g/mol. The molecular formula is C12H16O2S. The van der Waals surface area contributed by atoms with Gasteiger partial charge < -0.3 is 8.92 Å². The summed E-state index contributed by atoms with van der Waals surface area (Å²) in [6.07, 6.45) is 2.61. The third-order valence-corrected chi connectivity index (χ3v) is 3.17. The Morgan fingerprint density at radius 1 is 1.40 bits per heavy atom. The molecule has 1 saturated heterocycles. The Balaban J connectivity index is 1.71. The van der Waals surface area contributed by atoms with Gasteiger partial charge in [0.2, 0.25) is 0 Å². The summed E-state index contributed by atoms with van der Waals surface area (Å²) >= 11 is 1.44. The molecule has 0 bridgehead atoms. The van der Waals surface area contributed by atoms with Crippen LogP contribution < -0.4 is 0 Å². The molecule has 0 amide bonds. The maximum Gasteiger partial charge on any atom is 0.0880 e. The van der Waals surface area contributed by atoms with Gasteiger partial charge in [-0.15, -0.1) is 0 Å². The highest BCUT2D eigenvalue weighted by atomic mass is 32.2. The van der Waals surface area contributed by atoms with Crippen molar-refractivity contribution in [1.82, 2.24) is 0 Å². The molecule has 1 aromatic carbocycles. The van der Waals surface area contributed by atoms with E-state index in [1.165, 1.54) is 24.0 Å². The summed E-state index contributed by atoms with van der Waals surface area (Å²) < 4.78 is 11.0. The number of aryl methyl sites for hydroxylation is 1. The standard InChI is InChI=1S/C12H16O2S/c1-10-4-6-12(7-5-10)15-14-9-11-3-2-8-13-11/h4-7,11H,2-3,8-9H2,1H3/t11-/m1/s1. The lowest BCUT2D eigenvalue weighted by molar-refractivity contribution is 0.0750. The topological polar surface area (TPSA) is 18.5 Å². The lowest BCUT2D eigenvalue weighted by Crippen LogP contribution is -2.11. The zero-order chi connectivity index (χ0) is 10.5. The van der Waals surface area contributed by atoms with E-state index < -0.39 is 0 Å². The van der Waals surface area contributed by atoms with Gasteiger partial charge in [-0.25, -0.2) is 0 Å². The molecular weight excluding hydrogens is 208 g/mol. The average Bonchev–Trinajstić information content (AvgIpc) is 2.74. The SMILES string of the molecule is Cc1ccc(SOC[C@H]2CCCO2)cc1. The maximum absolute atomic E-state index is 5.54. The fourth-order valence-corrected chi connectivity index (χ4v) is 2.15. The Bertz CT molecular complexity index is 291. The van der Waals surface area contributed by atoms with Crippen molar-refractivity contribution in [3.05, 3.63) is 29.8 Å². The fraction of sp³-hybridized carbons (Fsp3) is 0.500. The van der Waals surface area contributed by atoms with Gasteiger partial charge in [-0.1, -0.05) is 17.7 Å². The van der Waals surface area contributed by atoms with Crippen LogP contribution in [-0.2, 0) is 8.92 Å². The molecule has 2 rings (SSSR count). The van der Waals surface area contributed by atoms with E-state index in [4.69, 9.17) is 8.92 Å². The summed E-state index contributed by atoms with van der Waals surface area (Å²) in [6.45, 7) is 3.67. The molecule has 0 spiro atoms. The molecule has 1 aromatic rings. The molecule has 1 fully saturated rings. The van der Waals surface area contributed by atoms with Crippen LogP contribution >= 0.6 is 12.0 Å². The molecule has 0 saturated carbocycles. The first kappa shape index (κ1) is 11.0. The summed E-state index contributed by atoms with van der Waals surface area (Å²) in [4.78, 5) is 1.15. The fourth-order valence-electron chi connectivity index (χ4n) is 1.55. The van der Waals surface area contributed by atoms with Crippen LogP contribution in [0.3, 0.4) is 0 Å². The summed E-state index contributed by atoms with van der Waals surface area (Å²) in [5.41, 5.74) is 1.28. The minimum atomic E-state index is 0.308. The zero-order valence-electron chi connectivity index (χ0n) is 8.94. The van der Waals surface area contributed by atoms with Gasteiger partial charge in [-0.3, -0.25) is 0 Å². The van der Waals surface area contributed by atoms with Crippen molar-refractivity contribution in [1.29, 1.82) is 0 Å². The van der Waals surface area contributed by atoms with Crippen LogP contribution in [0.1, 0.15) is 18.4 Å². The molecule has 2 nitrogen and oxygen atoms in total. The van der Waals surface area contributed by atoms with Crippen LogP contribution in [-0.4, -0.2) is 19.3 Å². The summed E-state index contributed by atoms with van der Waals surface area (Å²) in [5.74, 6) is 0. The number of hydrogen-bond acceptors (Lipinski definition) is 3. The van der Waals surface area contributed by atoms with Crippen LogP contribution in [0.5, 0.6) is 0 Å². The van der Waals surface area contributed by atoms with Crippen molar-refractivity contribution in [2.75, 3.05) is 13.2 Å². The lowest BCUT2D eigenvalue weighted by atomic mass is 10.2. The van der Waals surface area contributed by atoms with Crippen molar-refractivity contribution < 1.29 is 8.92 Å². The minimum absolute atomic E-state index is 0.308. The summed E-state index contributed by atoms with van der Waals surface area (Å²) in [7, 11) is 0. The van der Waals surface area contributed by atoms with E-state index in [0.717, 1.165) is 17.9 Å². The Morgan fingerprint density at radius 2 is 2.20 bits per heavy atom. The molecule has 1 heterocycles. The number of rotatable bonds is 4. The summed E-state index contributed by atoms with van der Waals surface area (Å²) in [5, 5.41) is 0. The lowest BCUT2D eigenvalue weighted by Gasteiger charge is -2.08. The molecule has 0 aromatic heterocycles. The van der Waals surface area contributed by atoms with E-state index in [2.05, 4.69) is 31.2 Å². The van der Waals surface area contributed by atoms with Gasteiger partial charge in [0.15, 0.2) is 0 Å². The number of hydrogen-bond donors (Lipinski definition) is 0. The van der Waals surface area contributed by atoms with Crippen LogP contribution in [0, 0.1) is 6.92 Å². The van der Waals surface area contributed by atoms with E-state index in [1.807, 2.05) is 0 Å². The highest BCUT2D eigenvalue weighted by Gasteiger charge is 2.15. The van der Waals surface area contributed by atoms with Gasteiger partial charge in [0.25, 0.3) is 0 Å². The Morgan fingerprint density at radius 3 is 2.87 bits per heavy atom. The van der Waals surface area contributed by atoms with Crippen molar-refractivity contribution in [3.63, 3.8) is 0 Å². The minimum Gasteiger partial charge on any atom is -0.376 e. The first-order valence-corrected chi connectivity index (χ1v) is 6.06. The van der Waals surface area contributed by atoms with E-state index in [1.54, 1.807) is 0 Å². The Hall–Kier alpha value is -0.510. The monoisotopic (exact) mass is 224 g/mol. The van der Waals surface area contributed by atoms with Crippen molar-refractivity contribution in [2.24, 2.45) is 0 Å². The normalized spacial score (nSPS) is 20.7. The van der Waals surface area contributed by atoms with Gasteiger partial charge in [0, 0.05) is 23.5 Å². The largest absolute Gasteiger partial charge is 0.376 e. The Labute approximate surface area is 95.2 Å².